The van der Waals surface area contributed by atoms with Gasteiger partial charge in [0.05, 0.1) is 4.47 Å². The van der Waals surface area contributed by atoms with Gasteiger partial charge in [0.2, 0.25) is 0 Å². The van der Waals surface area contributed by atoms with Crippen LogP contribution in [0.2, 0.25) is 0 Å². The van der Waals surface area contributed by atoms with E-state index < -0.39 is 12.2 Å². The highest BCUT2D eigenvalue weighted by Gasteiger charge is 2.13. The number of hydrogen-bond donors (Lipinski definition) is 0. The quantitative estimate of drug-likeness (QED) is 0.698. The number of hydrogen-bond acceptors (Lipinski definition) is 0. The summed E-state index contributed by atoms with van der Waals surface area (Å²) in [5.41, 5.74) is 0.133. The van der Waals surface area contributed by atoms with Crippen molar-refractivity contribution in [3.05, 3.63) is 33.5 Å². The molecule has 66 valence electrons. The first-order valence-electron chi connectivity index (χ1n) is 3.26. The van der Waals surface area contributed by atoms with Crippen LogP contribution in [0, 0.1) is 12.7 Å². The first kappa shape index (κ1) is 9.58. The summed E-state index contributed by atoms with van der Waals surface area (Å²) in [4.78, 5) is 0. The zero-order chi connectivity index (χ0) is 9.30. The Morgan fingerprint density at radius 1 is 1.33 bits per heavy atom. The molecule has 1 aromatic rings. The molecule has 0 aliphatic heterocycles. The monoisotopic (exact) mass is 238 g/mol. The minimum absolute atomic E-state index is 0.212. The van der Waals surface area contributed by atoms with Gasteiger partial charge in [0.25, 0.3) is 6.43 Å². The molecule has 1 rings (SSSR count). The summed E-state index contributed by atoms with van der Waals surface area (Å²) in [6.07, 6.45) is -2.62. The fraction of sp³-hybridized carbons (Fsp3) is 0.250. The molecule has 0 aliphatic rings. The van der Waals surface area contributed by atoms with Crippen molar-refractivity contribution in [3.63, 3.8) is 0 Å². The smallest absolute Gasteiger partial charge is 0.206 e. The molecular formula is C8H6BrF3. The molecule has 0 aromatic heterocycles. The van der Waals surface area contributed by atoms with Crippen LogP contribution in [0.5, 0.6) is 0 Å². The van der Waals surface area contributed by atoms with Crippen molar-refractivity contribution in [1.29, 1.82) is 0 Å². The van der Waals surface area contributed by atoms with Gasteiger partial charge in [-0.3, -0.25) is 0 Å². The lowest BCUT2D eigenvalue weighted by Crippen LogP contribution is -1.91. The maximum atomic E-state index is 12.7. The number of alkyl halides is 2. The van der Waals surface area contributed by atoms with Gasteiger partial charge in [0.15, 0.2) is 0 Å². The van der Waals surface area contributed by atoms with Crippen molar-refractivity contribution in [2.75, 3.05) is 0 Å². The van der Waals surface area contributed by atoms with Gasteiger partial charge in [-0.05, 0) is 40.5 Å². The van der Waals surface area contributed by atoms with Gasteiger partial charge in [0.1, 0.15) is 5.82 Å². The maximum absolute atomic E-state index is 12.7. The number of rotatable bonds is 1. The third-order valence-electron chi connectivity index (χ3n) is 1.54. The molecular weight excluding hydrogens is 233 g/mol. The van der Waals surface area contributed by atoms with Gasteiger partial charge >= 0.3 is 0 Å². The Labute approximate surface area is 76.5 Å². The number of aryl methyl sites for hydroxylation is 1. The maximum Gasteiger partial charge on any atom is 0.264 e. The van der Waals surface area contributed by atoms with Crippen LogP contribution >= 0.6 is 15.9 Å². The zero-order valence-electron chi connectivity index (χ0n) is 6.24. The highest BCUT2D eigenvalue weighted by Crippen LogP contribution is 2.27. The summed E-state index contributed by atoms with van der Waals surface area (Å²) in [5.74, 6) is -0.657. The second kappa shape index (κ2) is 3.47. The molecule has 0 nitrogen and oxygen atoms in total. The SMILES string of the molecule is Cc1cc(Br)c(F)cc1C(F)F. The Hall–Kier alpha value is -0.510. The van der Waals surface area contributed by atoms with Crippen molar-refractivity contribution in [2.24, 2.45) is 0 Å². The van der Waals surface area contributed by atoms with Crippen molar-refractivity contribution < 1.29 is 13.2 Å². The molecule has 1 aromatic carbocycles. The molecule has 4 heteroatoms. The van der Waals surface area contributed by atoms with E-state index in [1.54, 1.807) is 0 Å². The average Bonchev–Trinajstić information content (AvgIpc) is 1.96. The van der Waals surface area contributed by atoms with E-state index in [0.717, 1.165) is 6.07 Å². The van der Waals surface area contributed by atoms with Crippen LogP contribution in [0.4, 0.5) is 13.2 Å². The Morgan fingerprint density at radius 3 is 2.42 bits per heavy atom. The number of halogens is 4. The predicted octanol–water partition coefficient (Wildman–Crippen LogP) is 3.83. The molecule has 0 N–H and O–H groups in total. The van der Waals surface area contributed by atoms with Crippen LogP contribution in [0.1, 0.15) is 17.6 Å². The molecule has 0 spiro atoms. The summed E-state index contributed by atoms with van der Waals surface area (Å²) in [6.45, 7) is 1.52. The van der Waals surface area contributed by atoms with Gasteiger partial charge in [-0.2, -0.15) is 0 Å². The Kier molecular flexibility index (Phi) is 2.77. The normalized spacial score (nSPS) is 10.8. The lowest BCUT2D eigenvalue weighted by Gasteiger charge is -2.05. The fourth-order valence-electron chi connectivity index (χ4n) is 0.897. The van der Waals surface area contributed by atoms with Gasteiger partial charge in [-0.15, -0.1) is 0 Å². The topological polar surface area (TPSA) is 0 Å². The third-order valence-corrected chi connectivity index (χ3v) is 2.15. The van der Waals surface area contributed by atoms with Crippen LogP contribution in [-0.4, -0.2) is 0 Å². The second-order valence-corrected chi connectivity index (χ2v) is 3.28. The van der Waals surface area contributed by atoms with Crippen molar-refractivity contribution in [2.45, 2.75) is 13.3 Å². The summed E-state index contributed by atoms with van der Waals surface area (Å²) < 4.78 is 37.3. The molecule has 0 unspecified atom stereocenters. The summed E-state index contributed by atoms with van der Waals surface area (Å²) in [7, 11) is 0. The first-order chi connectivity index (χ1) is 5.52. The molecule has 0 atom stereocenters. The van der Waals surface area contributed by atoms with E-state index in [2.05, 4.69) is 15.9 Å². The Morgan fingerprint density at radius 2 is 1.92 bits per heavy atom. The average molecular weight is 239 g/mol. The van der Waals surface area contributed by atoms with Crippen molar-refractivity contribution >= 4 is 15.9 Å². The second-order valence-electron chi connectivity index (χ2n) is 2.42. The minimum Gasteiger partial charge on any atom is -0.206 e. The molecule has 0 fully saturated rings. The summed E-state index contributed by atoms with van der Waals surface area (Å²) >= 11 is 2.91. The van der Waals surface area contributed by atoms with Crippen LogP contribution in [0.3, 0.4) is 0 Å². The highest BCUT2D eigenvalue weighted by molar-refractivity contribution is 9.10. The van der Waals surface area contributed by atoms with Gasteiger partial charge in [-0.25, -0.2) is 13.2 Å². The van der Waals surface area contributed by atoms with E-state index in [4.69, 9.17) is 0 Å². The molecule has 12 heavy (non-hydrogen) atoms. The lowest BCUT2D eigenvalue weighted by atomic mass is 10.1. The van der Waals surface area contributed by atoms with Crippen LogP contribution in [0.15, 0.2) is 16.6 Å². The van der Waals surface area contributed by atoms with Gasteiger partial charge in [-0.1, -0.05) is 0 Å². The molecule has 0 saturated heterocycles. The van der Waals surface area contributed by atoms with Crippen molar-refractivity contribution in [1.82, 2.24) is 0 Å². The van der Waals surface area contributed by atoms with Gasteiger partial charge in [0, 0.05) is 5.56 Å². The van der Waals surface area contributed by atoms with E-state index in [9.17, 15) is 13.2 Å². The molecule has 0 radical (unpaired) electrons. The third kappa shape index (κ3) is 1.80. The predicted molar refractivity (Wildman–Crippen MR) is 43.8 cm³/mol. The van der Waals surface area contributed by atoms with Gasteiger partial charge < -0.3 is 0 Å². The van der Waals surface area contributed by atoms with Crippen molar-refractivity contribution in [3.8, 4) is 0 Å². The Balaban J connectivity index is 3.23. The zero-order valence-corrected chi connectivity index (χ0v) is 7.83. The van der Waals surface area contributed by atoms with Crippen LogP contribution < -0.4 is 0 Å². The lowest BCUT2D eigenvalue weighted by molar-refractivity contribution is 0.150. The van der Waals surface area contributed by atoms with E-state index in [-0.39, 0.29) is 10.0 Å². The van der Waals surface area contributed by atoms with E-state index >= 15 is 0 Å². The molecule has 0 heterocycles. The molecule has 0 aliphatic carbocycles. The molecule has 0 saturated carbocycles. The largest absolute Gasteiger partial charge is 0.264 e. The van der Waals surface area contributed by atoms with E-state index in [0.29, 0.717) is 5.56 Å². The van der Waals surface area contributed by atoms with Crippen LogP contribution in [0.25, 0.3) is 0 Å². The van der Waals surface area contributed by atoms with E-state index in [1.165, 1.54) is 13.0 Å². The molecule has 0 amide bonds. The van der Waals surface area contributed by atoms with E-state index in [1.807, 2.05) is 0 Å². The minimum atomic E-state index is -2.62. The van der Waals surface area contributed by atoms with Crippen LogP contribution in [-0.2, 0) is 0 Å². The Bertz CT molecular complexity index is 297. The fourth-order valence-corrected chi connectivity index (χ4v) is 1.35. The summed E-state index contributed by atoms with van der Waals surface area (Å²) in [6, 6.07) is 2.20. The standard InChI is InChI=1S/C8H6BrF3/c1-4-2-6(9)7(10)3-5(4)8(11)12/h2-3,8H,1H3. The summed E-state index contributed by atoms with van der Waals surface area (Å²) in [5, 5.41) is 0. The molecule has 0 bridgehead atoms. The number of benzene rings is 1. The first-order valence-corrected chi connectivity index (χ1v) is 4.05. The highest BCUT2D eigenvalue weighted by atomic mass is 79.9.